The number of carbonyl (C=O) groups excluding carboxylic acids is 1. The van der Waals surface area contributed by atoms with Crippen LogP contribution in [-0.2, 0) is 0 Å². The number of likely N-dealkylation sites (N-methyl/N-ethyl adjacent to an activating group) is 1. The third-order valence-electron chi connectivity index (χ3n) is 8.04. The summed E-state index contributed by atoms with van der Waals surface area (Å²) in [5.74, 6) is 0.567. The van der Waals surface area contributed by atoms with Gasteiger partial charge in [0.05, 0.1) is 6.04 Å². The van der Waals surface area contributed by atoms with Crippen molar-refractivity contribution in [2.75, 3.05) is 40.3 Å². The molecule has 0 aliphatic carbocycles. The van der Waals surface area contributed by atoms with Gasteiger partial charge in [0.1, 0.15) is 17.7 Å². The average molecular weight is 566 g/mol. The van der Waals surface area contributed by atoms with Gasteiger partial charge in [-0.3, -0.25) is 9.69 Å². The Balaban J connectivity index is 1.20. The first-order chi connectivity index (χ1) is 20.5. The van der Waals surface area contributed by atoms with Crippen molar-refractivity contribution in [1.29, 1.82) is 0 Å². The van der Waals surface area contributed by atoms with Gasteiger partial charge >= 0.3 is 0 Å². The van der Waals surface area contributed by atoms with E-state index in [9.17, 15) is 9.18 Å². The van der Waals surface area contributed by atoms with Crippen molar-refractivity contribution < 1.29 is 13.9 Å². The second-order valence-electron chi connectivity index (χ2n) is 11.3. The van der Waals surface area contributed by atoms with Crippen molar-refractivity contribution in [1.82, 2.24) is 15.1 Å². The molecule has 0 aromatic heterocycles. The third-order valence-corrected chi connectivity index (χ3v) is 8.04. The van der Waals surface area contributed by atoms with Crippen LogP contribution in [0.3, 0.4) is 0 Å². The molecule has 1 fully saturated rings. The van der Waals surface area contributed by atoms with E-state index in [1.807, 2.05) is 43.3 Å². The van der Waals surface area contributed by atoms with E-state index in [0.29, 0.717) is 23.8 Å². The molecule has 0 saturated carbocycles. The number of rotatable bonds is 11. The van der Waals surface area contributed by atoms with Gasteiger partial charge in [0.2, 0.25) is 0 Å². The van der Waals surface area contributed by atoms with Crippen molar-refractivity contribution in [3.63, 3.8) is 0 Å². The molecule has 1 heterocycles. The van der Waals surface area contributed by atoms with Crippen molar-refractivity contribution in [3.05, 3.63) is 137 Å². The van der Waals surface area contributed by atoms with Gasteiger partial charge in [0.25, 0.3) is 5.91 Å². The highest BCUT2D eigenvalue weighted by molar-refractivity contribution is 5.94. The molecule has 42 heavy (non-hydrogen) atoms. The zero-order valence-corrected chi connectivity index (χ0v) is 24.5. The van der Waals surface area contributed by atoms with Gasteiger partial charge in [-0.25, -0.2) is 4.39 Å². The van der Waals surface area contributed by atoms with Crippen molar-refractivity contribution in [3.8, 4) is 5.75 Å². The Kier molecular flexibility index (Phi) is 10.0. The number of nitrogens with zero attached hydrogens (tertiary/aromatic N) is 2. The summed E-state index contributed by atoms with van der Waals surface area (Å²) < 4.78 is 19.9. The molecule has 4 aromatic carbocycles. The smallest absolute Gasteiger partial charge is 0.251 e. The average Bonchev–Trinajstić information content (AvgIpc) is 3.02. The first kappa shape index (κ1) is 29.5. The molecule has 1 aliphatic rings. The van der Waals surface area contributed by atoms with Gasteiger partial charge in [-0.15, -0.1) is 0 Å². The summed E-state index contributed by atoms with van der Waals surface area (Å²) in [5.41, 5.74) is 4.15. The second-order valence-corrected chi connectivity index (χ2v) is 11.3. The summed E-state index contributed by atoms with van der Waals surface area (Å²) in [6.45, 7) is 3.22. The number of likely N-dealkylation sites (tertiary alicyclic amines) is 1. The molecule has 6 heteroatoms. The molecule has 1 N–H and O–H groups in total. The minimum atomic E-state index is -0.273. The topological polar surface area (TPSA) is 44.8 Å². The largest absolute Gasteiger partial charge is 0.489 e. The fourth-order valence-corrected chi connectivity index (χ4v) is 5.79. The van der Waals surface area contributed by atoms with E-state index < -0.39 is 0 Å². The maximum Gasteiger partial charge on any atom is 0.251 e. The Morgan fingerprint density at radius 3 is 2.21 bits per heavy atom. The molecule has 0 spiro atoms. The molecule has 5 nitrogen and oxygen atoms in total. The number of nitrogens with one attached hydrogen (secondary N) is 1. The Morgan fingerprint density at radius 1 is 0.905 bits per heavy atom. The maximum absolute atomic E-state index is 13.4. The number of piperidine rings is 1. The normalized spacial score (nSPS) is 16.4. The molecule has 0 bridgehead atoms. The molecule has 1 amide bonds. The number of halogens is 1. The molecule has 0 radical (unpaired) electrons. The van der Waals surface area contributed by atoms with Crippen LogP contribution in [0.1, 0.15) is 51.8 Å². The van der Waals surface area contributed by atoms with Crippen LogP contribution < -0.4 is 10.1 Å². The van der Waals surface area contributed by atoms with Crippen molar-refractivity contribution in [2.45, 2.75) is 30.9 Å². The first-order valence-corrected chi connectivity index (χ1v) is 14.8. The summed E-state index contributed by atoms with van der Waals surface area (Å²) in [5, 5.41) is 3.05. The van der Waals surface area contributed by atoms with Crippen LogP contribution in [0.15, 0.2) is 109 Å². The molecular weight excluding hydrogens is 525 g/mol. The minimum absolute atomic E-state index is 0.0563. The van der Waals surface area contributed by atoms with Crippen LogP contribution in [0, 0.1) is 5.82 Å². The van der Waals surface area contributed by atoms with Gasteiger partial charge in [0, 0.05) is 31.1 Å². The Labute approximate surface area is 248 Å². The van der Waals surface area contributed by atoms with Crippen LogP contribution in [-0.4, -0.2) is 62.1 Å². The Bertz CT molecular complexity index is 1370. The molecule has 2 atom stereocenters. The minimum Gasteiger partial charge on any atom is -0.489 e. The van der Waals surface area contributed by atoms with Crippen LogP contribution in [0.2, 0.25) is 0 Å². The highest BCUT2D eigenvalue weighted by Gasteiger charge is 2.25. The van der Waals surface area contributed by atoms with Crippen molar-refractivity contribution >= 4 is 5.91 Å². The zero-order chi connectivity index (χ0) is 29.3. The lowest BCUT2D eigenvalue weighted by molar-refractivity contribution is 0.0860. The summed E-state index contributed by atoms with van der Waals surface area (Å²) in [4.78, 5) is 17.6. The van der Waals surface area contributed by atoms with E-state index >= 15 is 0 Å². The zero-order valence-electron chi connectivity index (χ0n) is 24.5. The molecule has 218 valence electrons. The molecule has 5 rings (SSSR count). The van der Waals surface area contributed by atoms with E-state index in [4.69, 9.17) is 4.74 Å². The van der Waals surface area contributed by atoms with Gasteiger partial charge in [-0.2, -0.15) is 0 Å². The number of hydrogen-bond donors (Lipinski definition) is 1. The van der Waals surface area contributed by atoms with E-state index in [1.165, 1.54) is 23.3 Å². The maximum atomic E-state index is 13.4. The van der Waals surface area contributed by atoms with Crippen LogP contribution in [0.25, 0.3) is 0 Å². The lowest BCUT2D eigenvalue weighted by Gasteiger charge is -2.35. The van der Waals surface area contributed by atoms with Gasteiger partial charge in [-0.05, 0) is 80.5 Å². The monoisotopic (exact) mass is 565 g/mol. The molecule has 4 aromatic rings. The van der Waals surface area contributed by atoms with E-state index in [0.717, 1.165) is 38.0 Å². The Morgan fingerprint density at radius 2 is 1.57 bits per heavy atom. The fraction of sp³-hybridized carbons (Fsp3) is 0.306. The Hall–Kier alpha value is -4.00. The fourth-order valence-electron chi connectivity index (χ4n) is 5.79. The number of ether oxygens (including phenoxy) is 1. The van der Waals surface area contributed by atoms with E-state index in [1.54, 1.807) is 12.1 Å². The lowest BCUT2D eigenvalue weighted by atomic mass is 9.90. The third kappa shape index (κ3) is 7.84. The van der Waals surface area contributed by atoms with Gasteiger partial charge < -0.3 is 15.0 Å². The van der Waals surface area contributed by atoms with Crippen LogP contribution >= 0.6 is 0 Å². The van der Waals surface area contributed by atoms with E-state index in [-0.39, 0.29) is 23.9 Å². The highest BCUT2D eigenvalue weighted by atomic mass is 19.1. The van der Waals surface area contributed by atoms with Crippen LogP contribution in [0.5, 0.6) is 5.75 Å². The summed E-state index contributed by atoms with van der Waals surface area (Å²) >= 11 is 0. The highest BCUT2D eigenvalue weighted by Crippen LogP contribution is 2.28. The quantitative estimate of drug-likeness (QED) is 0.225. The van der Waals surface area contributed by atoms with Gasteiger partial charge in [-0.1, -0.05) is 78.9 Å². The summed E-state index contributed by atoms with van der Waals surface area (Å²) in [6.07, 6.45) is 2.10. The number of amides is 1. The number of hydrogen-bond acceptors (Lipinski definition) is 4. The lowest BCUT2D eigenvalue weighted by Crippen LogP contribution is -2.43. The molecule has 1 aliphatic heterocycles. The predicted molar refractivity (Wildman–Crippen MR) is 166 cm³/mol. The summed E-state index contributed by atoms with van der Waals surface area (Å²) in [6, 6.07) is 35.2. The number of carbonyl (C=O) groups is 1. The first-order valence-electron chi connectivity index (χ1n) is 14.8. The van der Waals surface area contributed by atoms with Crippen molar-refractivity contribution in [2.24, 2.45) is 0 Å². The summed E-state index contributed by atoms with van der Waals surface area (Å²) in [7, 11) is 3.90. The SMILES string of the molecule is CN(C)C(CNC(=O)c1cccc(OC2CCCN(CC(c3ccccc3)c3ccccc3)C2)c1)c1ccc(F)cc1. The van der Waals surface area contributed by atoms with Crippen LogP contribution in [0.4, 0.5) is 4.39 Å². The number of benzene rings is 4. The van der Waals surface area contributed by atoms with Gasteiger partial charge in [0.15, 0.2) is 0 Å². The molecular formula is C36H40FN3O2. The van der Waals surface area contributed by atoms with E-state index in [2.05, 4.69) is 70.9 Å². The predicted octanol–water partition coefficient (Wildman–Crippen LogP) is 6.53. The second kappa shape index (κ2) is 14.3. The standard InChI is InChI=1S/C36H40FN3O2/c1-39(2)35(29-18-20-31(37)21-19-29)24-38-36(41)30-15-9-16-32(23-30)42-33-17-10-22-40(25-33)26-34(27-11-5-3-6-12-27)28-13-7-4-8-14-28/h3-9,11-16,18-21,23,33-35H,10,17,22,24-26H2,1-2H3,(H,38,41). The molecule has 2 unspecified atom stereocenters. The molecule has 1 saturated heterocycles.